The van der Waals surface area contributed by atoms with Crippen LogP contribution in [0.2, 0.25) is 0 Å². The van der Waals surface area contributed by atoms with Crippen LogP contribution < -0.4 is 0 Å². The SMILES string of the molecule is Cc1ccc2c(C(=O)N3CCCCC3C(=O)O)csc2c1. The van der Waals surface area contributed by atoms with Crippen molar-refractivity contribution in [3.8, 4) is 0 Å². The monoisotopic (exact) mass is 303 g/mol. The first-order chi connectivity index (χ1) is 10.1. The molecule has 1 unspecified atom stereocenters. The van der Waals surface area contributed by atoms with Crippen molar-refractivity contribution >= 4 is 33.3 Å². The van der Waals surface area contributed by atoms with Gasteiger partial charge < -0.3 is 10.0 Å². The van der Waals surface area contributed by atoms with Crippen molar-refractivity contribution in [1.82, 2.24) is 4.90 Å². The summed E-state index contributed by atoms with van der Waals surface area (Å²) in [7, 11) is 0. The summed E-state index contributed by atoms with van der Waals surface area (Å²) in [5.41, 5.74) is 1.79. The number of carbonyl (C=O) groups excluding carboxylic acids is 1. The molecule has 0 radical (unpaired) electrons. The van der Waals surface area contributed by atoms with Crippen LogP contribution in [0.3, 0.4) is 0 Å². The number of hydrogen-bond donors (Lipinski definition) is 1. The first-order valence-corrected chi connectivity index (χ1v) is 7.97. The van der Waals surface area contributed by atoms with Crippen LogP contribution in [0.1, 0.15) is 35.2 Å². The fourth-order valence-electron chi connectivity index (χ4n) is 2.89. The maximum absolute atomic E-state index is 12.7. The molecule has 0 aliphatic carbocycles. The van der Waals surface area contributed by atoms with Gasteiger partial charge in [0.05, 0.1) is 5.56 Å². The van der Waals surface area contributed by atoms with E-state index in [-0.39, 0.29) is 5.91 Å². The topological polar surface area (TPSA) is 57.6 Å². The number of amides is 1. The van der Waals surface area contributed by atoms with Crippen LogP contribution in [0.5, 0.6) is 0 Å². The van der Waals surface area contributed by atoms with Gasteiger partial charge in [-0.2, -0.15) is 0 Å². The molecule has 0 bridgehead atoms. The van der Waals surface area contributed by atoms with Crippen molar-refractivity contribution in [2.45, 2.75) is 32.2 Å². The average molecular weight is 303 g/mol. The minimum atomic E-state index is -0.904. The highest BCUT2D eigenvalue weighted by Gasteiger charge is 2.33. The van der Waals surface area contributed by atoms with Gasteiger partial charge >= 0.3 is 5.97 Å². The van der Waals surface area contributed by atoms with Crippen molar-refractivity contribution in [3.05, 3.63) is 34.7 Å². The second-order valence-corrected chi connectivity index (χ2v) is 6.41. The van der Waals surface area contributed by atoms with Crippen molar-refractivity contribution in [3.63, 3.8) is 0 Å². The summed E-state index contributed by atoms with van der Waals surface area (Å²) in [5.74, 6) is -1.06. The van der Waals surface area contributed by atoms with Crippen molar-refractivity contribution in [2.24, 2.45) is 0 Å². The lowest BCUT2D eigenvalue weighted by atomic mass is 10.0. The molecule has 4 nitrogen and oxygen atoms in total. The van der Waals surface area contributed by atoms with E-state index in [1.807, 2.05) is 24.4 Å². The molecule has 21 heavy (non-hydrogen) atoms. The molecule has 0 saturated carbocycles. The van der Waals surface area contributed by atoms with Crippen LogP contribution in [-0.2, 0) is 4.79 Å². The van der Waals surface area contributed by atoms with Crippen LogP contribution in [0.15, 0.2) is 23.6 Å². The van der Waals surface area contributed by atoms with Gasteiger partial charge in [0.15, 0.2) is 0 Å². The Labute approximate surface area is 127 Å². The molecule has 5 heteroatoms. The number of aliphatic carboxylic acids is 1. The number of thiophene rings is 1. The fraction of sp³-hybridized carbons (Fsp3) is 0.375. The molecule has 2 heterocycles. The molecule has 1 saturated heterocycles. The van der Waals surface area contributed by atoms with Crippen LogP contribution in [0, 0.1) is 6.92 Å². The molecular weight excluding hydrogens is 286 g/mol. The Kier molecular flexibility index (Phi) is 3.68. The maximum atomic E-state index is 12.7. The molecule has 3 rings (SSSR count). The van der Waals surface area contributed by atoms with E-state index in [4.69, 9.17) is 0 Å². The summed E-state index contributed by atoms with van der Waals surface area (Å²) >= 11 is 1.54. The molecule has 1 fully saturated rings. The predicted octanol–water partition coefficient (Wildman–Crippen LogP) is 3.29. The van der Waals surface area contributed by atoms with Gasteiger partial charge in [-0.25, -0.2) is 4.79 Å². The number of nitrogens with zero attached hydrogens (tertiary/aromatic N) is 1. The zero-order chi connectivity index (χ0) is 15.0. The quantitative estimate of drug-likeness (QED) is 0.926. The van der Waals surface area contributed by atoms with Crippen LogP contribution in [0.25, 0.3) is 10.1 Å². The molecule has 110 valence electrons. The highest BCUT2D eigenvalue weighted by Crippen LogP contribution is 2.29. The van der Waals surface area contributed by atoms with E-state index in [1.165, 1.54) is 16.2 Å². The summed E-state index contributed by atoms with van der Waals surface area (Å²) in [5, 5.41) is 12.1. The summed E-state index contributed by atoms with van der Waals surface area (Å²) in [4.78, 5) is 25.6. The van der Waals surface area contributed by atoms with Gasteiger partial charge in [-0.3, -0.25) is 4.79 Å². The number of fused-ring (bicyclic) bond motifs is 1. The van der Waals surface area contributed by atoms with Gasteiger partial charge in [0, 0.05) is 22.0 Å². The van der Waals surface area contributed by atoms with Crippen molar-refractivity contribution in [2.75, 3.05) is 6.54 Å². The molecule has 1 aliphatic heterocycles. The van der Waals surface area contributed by atoms with Crippen LogP contribution in [0.4, 0.5) is 0 Å². The van der Waals surface area contributed by atoms with Gasteiger partial charge in [-0.05, 0) is 37.8 Å². The molecule has 2 aromatic rings. The minimum absolute atomic E-state index is 0.155. The highest BCUT2D eigenvalue weighted by molar-refractivity contribution is 7.17. The summed E-state index contributed by atoms with van der Waals surface area (Å²) in [6.45, 7) is 2.55. The zero-order valence-corrected chi connectivity index (χ0v) is 12.7. The van der Waals surface area contributed by atoms with Gasteiger partial charge in [0.1, 0.15) is 6.04 Å². The standard InChI is InChI=1S/C16H17NO3S/c1-10-5-6-11-12(9-21-14(11)8-10)15(18)17-7-3-2-4-13(17)16(19)20/h5-6,8-9,13H,2-4,7H2,1H3,(H,19,20). The second-order valence-electron chi connectivity index (χ2n) is 5.50. The fourth-order valence-corrected chi connectivity index (χ4v) is 3.92. The van der Waals surface area contributed by atoms with Gasteiger partial charge in [-0.1, -0.05) is 12.1 Å². The van der Waals surface area contributed by atoms with E-state index in [0.29, 0.717) is 18.5 Å². The number of piperidine rings is 1. The van der Waals surface area contributed by atoms with Gasteiger partial charge in [0.2, 0.25) is 0 Å². The third-order valence-electron chi connectivity index (χ3n) is 4.01. The molecule has 1 aliphatic rings. The Morgan fingerprint density at radius 2 is 2.14 bits per heavy atom. The lowest BCUT2D eigenvalue weighted by Gasteiger charge is -2.32. The lowest BCUT2D eigenvalue weighted by Crippen LogP contribution is -2.47. The third-order valence-corrected chi connectivity index (χ3v) is 4.96. The predicted molar refractivity (Wildman–Crippen MR) is 82.9 cm³/mol. The van der Waals surface area contributed by atoms with Crippen molar-refractivity contribution < 1.29 is 14.7 Å². The normalized spacial score (nSPS) is 18.9. The first kappa shape index (κ1) is 14.1. The first-order valence-electron chi connectivity index (χ1n) is 7.09. The van der Waals surface area contributed by atoms with Crippen LogP contribution in [-0.4, -0.2) is 34.5 Å². The Bertz CT molecular complexity index is 707. The molecule has 1 aromatic heterocycles. The number of hydrogen-bond acceptors (Lipinski definition) is 3. The zero-order valence-electron chi connectivity index (χ0n) is 11.8. The number of carboxylic acids is 1. The Hall–Kier alpha value is -1.88. The van der Waals surface area contributed by atoms with Crippen LogP contribution >= 0.6 is 11.3 Å². The summed E-state index contributed by atoms with van der Waals surface area (Å²) < 4.78 is 1.07. The smallest absolute Gasteiger partial charge is 0.326 e. The second kappa shape index (κ2) is 5.48. The van der Waals surface area contributed by atoms with E-state index in [0.717, 1.165) is 28.5 Å². The Morgan fingerprint density at radius 3 is 2.90 bits per heavy atom. The number of carboxylic acid groups (broad SMARTS) is 1. The van der Waals surface area contributed by atoms with E-state index in [1.54, 1.807) is 0 Å². The molecular formula is C16H17NO3S. The highest BCUT2D eigenvalue weighted by atomic mass is 32.1. The molecule has 0 spiro atoms. The number of rotatable bonds is 2. The molecule has 1 amide bonds. The molecule has 1 atom stereocenters. The Balaban J connectivity index is 1.97. The largest absolute Gasteiger partial charge is 0.480 e. The summed E-state index contributed by atoms with van der Waals surface area (Å²) in [6, 6.07) is 5.30. The lowest BCUT2D eigenvalue weighted by molar-refractivity contribution is -0.143. The molecule has 1 aromatic carbocycles. The van der Waals surface area contributed by atoms with E-state index >= 15 is 0 Å². The van der Waals surface area contributed by atoms with Gasteiger partial charge in [0.25, 0.3) is 5.91 Å². The molecule has 1 N–H and O–H groups in total. The minimum Gasteiger partial charge on any atom is -0.480 e. The number of carbonyl (C=O) groups is 2. The average Bonchev–Trinajstić information content (AvgIpc) is 2.89. The summed E-state index contributed by atoms with van der Waals surface area (Å²) in [6.07, 6.45) is 2.28. The Morgan fingerprint density at radius 1 is 1.33 bits per heavy atom. The van der Waals surface area contributed by atoms with E-state index in [2.05, 4.69) is 6.07 Å². The third kappa shape index (κ3) is 2.53. The maximum Gasteiger partial charge on any atom is 0.326 e. The van der Waals surface area contributed by atoms with Crippen molar-refractivity contribution in [1.29, 1.82) is 0 Å². The van der Waals surface area contributed by atoms with E-state index in [9.17, 15) is 14.7 Å². The van der Waals surface area contributed by atoms with E-state index < -0.39 is 12.0 Å². The number of aryl methyl sites for hydroxylation is 1. The van der Waals surface area contributed by atoms with Gasteiger partial charge in [-0.15, -0.1) is 11.3 Å². The number of likely N-dealkylation sites (tertiary alicyclic amines) is 1. The number of benzene rings is 1.